The fourth-order valence-electron chi connectivity index (χ4n) is 2.45. The number of ether oxygens (including phenoxy) is 1. The number of aromatic nitrogens is 4. The molecule has 0 radical (unpaired) electrons. The Morgan fingerprint density at radius 3 is 2.33 bits per heavy atom. The van der Waals surface area contributed by atoms with Crippen molar-refractivity contribution in [3.05, 3.63) is 71.0 Å². The van der Waals surface area contributed by atoms with Gasteiger partial charge in [0.1, 0.15) is 12.4 Å². The first-order chi connectivity index (χ1) is 14.3. The van der Waals surface area contributed by atoms with Gasteiger partial charge in [-0.15, -0.1) is 10.2 Å². The number of tetrazole rings is 1. The highest BCUT2D eigenvalue weighted by Crippen LogP contribution is 2.29. The van der Waals surface area contributed by atoms with Crippen molar-refractivity contribution in [2.45, 2.75) is 39.8 Å². The van der Waals surface area contributed by atoms with Gasteiger partial charge < -0.3 is 9.57 Å². The van der Waals surface area contributed by atoms with Crippen molar-refractivity contribution in [1.29, 1.82) is 0 Å². The summed E-state index contributed by atoms with van der Waals surface area (Å²) in [5.41, 5.74) is 1.35. The maximum atomic E-state index is 12.6. The van der Waals surface area contributed by atoms with Gasteiger partial charge in [0, 0.05) is 0 Å². The largest absolute Gasteiger partial charge is 0.485 e. The van der Waals surface area contributed by atoms with Gasteiger partial charge in [-0.1, -0.05) is 17.3 Å². The van der Waals surface area contributed by atoms with Crippen LogP contribution < -0.4 is 4.74 Å². The van der Waals surface area contributed by atoms with Crippen molar-refractivity contribution in [1.82, 2.24) is 20.2 Å². The maximum Gasteiger partial charge on any atom is 0.416 e. The van der Waals surface area contributed by atoms with E-state index in [1.165, 1.54) is 16.9 Å². The topological polar surface area (TPSA) is 74.4 Å². The Hall–Kier alpha value is -3.43. The van der Waals surface area contributed by atoms with Crippen LogP contribution >= 0.6 is 0 Å². The number of alkyl halides is 3. The van der Waals surface area contributed by atoms with Gasteiger partial charge >= 0.3 is 6.18 Å². The van der Waals surface area contributed by atoms with Crippen molar-refractivity contribution in [3.63, 3.8) is 0 Å². The van der Waals surface area contributed by atoms with Crippen LogP contribution in [0.1, 0.15) is 36.4 Å². The van der Waals surface area contributed by atoms with E-state index in [2.05, 4.69) is 20.6 Å². The van der Waals surface area contributed by atoms with E-state index < -0.39 is 11.7 Å². The van der Waals surface area contributed by atoms with Gasteiger partial charge in [-0.2, -0.15) is 18.0 Å². The lowest BCUT2D eigenvalue weighted by Gasteiger charge is -2.08. The Bertz CT molecular complexity index is 983. The van der Waals surface area contributed by atoms with E-state index in [1.54, 1.807) is 19.1 Å². The molecule has 0 N–H and O–H groups in total. The van der Waals surface area contributed by atoms with E-state index in [4.69, 9.17) is 9.57 Å². The molecule has 0 unspecified atom stereocenters. The second kappa shape index (κ2) is 9.38. The molecule has 0 amide bonds. The zero-order valence-corrected chi connectivity index (χ0v) is 16.4. The molecular formula is C20H20F3N5O2. The predicted molar refractivity (Wildman–Crippen MR) is 103 cm³/mol. The summed E-state index contributed by atoms with van der Waals surface area (Å²) in [5.74, 6) is 1.14. The summed E-state index contributed by atoms with van der Waals surface area (Å²) >= 11 is 0. The number of aryl methyl sites for hydroxylation is 1. The van der Waals surface area contributed by atoms with Gasteiger partial charge in [0.25, 0.3) is 0 Å². The summed E-state index contributed by atoms with van der Waals surface area (Å²) < 4.78 is 43.3. The summed E-state index contributed by atoms with van der Waals surface area (Å²) in [5, 5.41) is 15.9. The normalized spacial score (nSPS) is 12.1. The van der Waals surface area contributed by atoms with Crippen LogP contribution in [0.3, 0.4) is 0 Å². The van der Waals surface area contributed by atoms with E-state index in [0.29, 0.717) is 29.4 Å². The number of hydrogen-bond acceptors (Lipinski definition) is 6. The number of hydrogen-bond donors (Lipinski definition) is 0. The van der Waals surface area contributed by atoms with Crippen LogP contribution in [0.2, 0.25) is 0 Å². The van der Waals surface area contributed by atoms with Gasteiger partial charge in [-0.25, -0.2) is 0 Å². The third kappa shape index (κ3) is 5.79. The molecule has 30 heavy (non-hydrogen) atoms. The minimum Gasteiger partial charge on any atom is -0.485 e. The molecule has 0 fully saturated rings. The Labute approximate surface area is 171 Å². The first-order valence-corrected chi connectivity index (χ1v) is 9.17. The highest BCUT2D eigenvalue weighted by Gasteiger charge is 2.29. The minimum absolute atomic E-state index is 0.0715. The number of benzene rings is 2. The van der Waals surface area contributed by atoms with Gasteiger partial charge in [0.15, 0.2) is 6.61 Å². The zero-order valence-electron chi connectivity index (χ0n) is 16.4. The molecule has 158 valence electrons. The summed E-state index contributed by atoms with van der Waals surface area (Å²) in [6, 6.07) is 12.0. The number of rotatable bonds is 8. The lowest BCUT2D eigenvalue weighted by atomic mass is 10.1. The van der Waals surface area contributed by atoms with Gasteiger partial charge in [0.2, 0.25) is 5.82 Å². The number of halogens is 3. The molecule has 3 rings (SSSR count). The van der Waals surface area contributed by atoms with Crippen LogP contribution in [-0.2, 0) is 30.8 Å². The SMILES string of the molecule is CCn1nnc(COc2ccc(C(C)=NOCc3ccc(C(F)(F)F)cc3)cc2)n1. The molecule has 1 heterocycles. The second-order valence-electron chi connectivity index (χ2n) is 6.35. The van der Waals surface area contributed by atoms with Gasteiger partial charge in [0.05, 0.1) is 17.8 Å². The molecule has 0 saturated carbocycles. The molecule has 1 aromatic heterocycles. The highest BCUT2D eigenvalue weighted by molar-refractivity contribution is 5.98. The summed E-state index contributed by atoms with van der Waals surface area (Å²) in [4.78, 5) is 6.74. The van der Waals surface area contributed by atoms with Crippen LogP contribution in [0.4, 0.5) is 13.2 Å². The molecule has 0 saturated heterocycles. The average molecular weight is 419 g/mol. The quantitative estimate of drug-likeness (QED) is 0.404. The smallest absolute Gasteiger partial charge is 0.416 e. The minimum atomic E-state index is -4.35. The second-order valence-corrected chi connectivity index (χ2v) is 6.35. The Kier molecular flexibility index (Phi) is 6.65. The fraction of sp³-hybridized carbons (Fsp3) is 0.300. The first kappa shape index (κ1) is 21.3. The summed E-state index contributed by atoms with van der Waals surface area (Å²) in [7, 11) is 0. The van der Waals surface area contributed by atoms with E-state index in [1.807, 2.05) is 19.1 Å². The molecule has 0 aliphatic heterocycles. The first-order valence-electron chi connectivity index (χ1n) is 9.17. The van der Waals surface area contributed by atoms with Crippen LogP contribution in [0.25, 0.3) is 0 Å². The average Bonchev–Trinajstić information content (AvgIpc) is 3.20. The molecule has 7 nitrogen and oxygen atoms in total. The predicted octanol–water partition coefficient (Wildman–Crippen LogP) is 4.23. The molecule has 0 aliphatic carbocycles. The molecule has 0 atom stereocenters. The lowest BCUT2D eigenvalue weighted by Crippen LogP contribution is -2.04. The molecule has 0 bridgehead atoms. The van der Waals surface area contributed by atoms with Gasteiger partial charge in [-0.05, 0) is 66.6 Å². The van der Waals surface area contributed by atoms with E-state index >= 15 is 0 Å². The van der Waals surface area contributed by atoms with Crippen molar-refractivity contribution in [2.24, 2.45) is 5.16 Å². The number of oxime groups is 1. The Morgan fingerprint density at radius 1 is 1.03 bits per heavy atom. The van der Waals surface area contributed by atoms with E-state index in [0.717, 1.165) is 17.7 Å². The third-order valence-electron chi connectivity index (χ3n) is 4.13. The third-order valence-corrected chi connectivity index (χ3v) is 4.13. The Morgan fingerprint density at radius 2 is 1.73 bits per heavy atom. The molecule has 0 aliphatic rings. The molecule has 0 spiro atoms. The van der Waals surface area contributed by atoms with E-state index in [-0.39, 0.29) is 13.2 Å². The van der Waals surface area contributed by atoms with Crippen LogP contribution in [-0.4, -0.2) is 25.9 Å². The van der Waals surface area contributed by atoms with Crippen LogP contribution in [0, 0.1) is 0 Å². The maximum absolute atomic E-state index is 12.6. The highest BCUT2D eigenvalue weighted by atomic mass is 19.4. The van der Waals surface area contributed by atoms with Crippen molar-refractivity contribution >= 4 is 5.71 Å². The zero-order chi connectivity index (χ0) is 21.6. The Balaban J connectivity index is 1.50. The number of nitrogens with zero attached hydrogens (tertiary/aromatic N) is 5. The van der Waals surface area contributed by atoms with Gasteiger partial charge in [-0.3, -0.25) is 0 Å². The summed E-state index contributed by atoms with van der Waals surface area (Å²) in [6.45, 7) is 4.61. The lowest BCUT2D eigenvalue weighted by molar-refractivity contribution is -0.137. The van der Waals surface area contributed by atoms with Crippen LogP contribution in [0.5, 0.6) is 5.75 Å². The van der Waals surface area contributed by atoms with Crippen molar-refractivity contribution < 1.29 is 22.7 Å². The molecule has 2 aromatic carbocycles. The molecular weight excluding hydrogens is 399 g/mol. The fourth-order valence-corrected chi connectivity index (χ4v) is 2.45. The standard InChI is InChI=1S/C20H20F3N5O2/c1-3-28-25-19(24-27-28)13-29-18-10-6-16(7-11-18)14(2)26-30-12-15-4-8-17(9-5-15)20(21,22)23/h4-11H,3,12-13H2,1-2H3. The monoisotopic (exact) mass is 419 g/mol. The van der Waals surface area contributed by atoms with E-state index in [9.17, 15) is 13.2 Å². The van der Waals surface area contributed by atoms with Crippen molar-refractivity contribution in [3.8, 4) is 5.75 Å². The summed E-state index contributed by atoms with van der Waals surface area (Å²) in [6.07, 6.45) is -4.35. The van der Waals surface area contributed by atoms with Crippen LogP contribution in [0.15, 0.2) is 53.7 Å². The molecule has 3 aromatic rings. The van der Waals surface area contributed by atoms with Crippen molar-refractivity contribution in [2.75, 3.05) is 0 Å². The molecule has 10 heteroatoms.